The van der Waals surface area contributed by atoms with Crippen molar-refractivity contribution in [1.82, 2.24) is 10.1 Å². The Morgan fingerprint density at radius 3 is 2.55 bits per heavy atom. The second-order valence-corrected chi connectivity index (χ2v) is 8.10. The van der Waals surface area contributed by atoms with Crippen molar-refractivity contribution in [3.05, 3.63) is 84.4 Å². The summed E-state index contributed by atoms with van der Waals surface area (Å²) in [6.45, 7) is 2.36. The van der Waals surface area contributed by atoms with Gasteiger partial charge in [0.15, 0.2) is 0 Å². The van der Waals surface area contributed by atoms with E-state index in [2.05, 4.69) is 15.5 Å². The van der Waals surface area contributed by atoms with Crippen molar-refractivity contribution in [2.75, 3.05) is 16.8 Å². The van der Waals surface area contributed by atoms with Crippen LogP contribution in [0.25, 0.3) is 22.8 Å². The van der Waals surface area contributed by atoms with Gasteiger partial charge in [-0.2, -0.15) is 4.98 Å². The Kier molecular flexibility index (Phi) is 5.44. The SMILES string of the molecule is Cc1ccc(N2CC(C(=O)Nc3cccc(-c4nc(-c5ccccc5)no4)c3)CC2=O)cc1. The highest BCUT2D eigenvalue weighted by molar-refractivity contribution is 6.03. The van der Waals surface area contributed by atoms with Gasteiger partial charge in [0, 0.05) is 35.5 Å². The Labute approximate surface area is 191 Å². The zero-order valence-corrected chi connectivity index (χ0v) is 18.1. The van der Waals surface area contributed by atoms with E-state index in [1.54, 1.807) is 17.0 Å². The highest BCUT2D eigenvalue weighted by Crippen LogP contribution is 2.28. The Balaban J connectivity index is 1.28. The maximum Gasteiger partial charge on any atom is 0.258 e. The summed E-state index contributed by atoms with van der Waals surface area (Å²) in [5.74, 6) is 0.209. The third-order valence-corrected chi connectivity index (χ3v) is 5.68. The molecule has 2 heterocycles. The van der Waals surface area contributed by atoms with E-state index < -0.39 is 5.92 Å². The predicted molar refractivity (Wildman–Crippen MR) is 125 cm³/mol. The zero-order chi connectivity index (χ0) is 22.8. The summed E-state index contributed by atoms with van der Waals surface area (Å²) >= 11 is 0. The summed E-state index contributed by atoms with van der Waals surface area (Å²) < 4.78 is 5.43. The molecule has 1 atom stereocenters. The maximum atomic E-state index is 12.9. The Morgan fingerprint density at radius 2 is 1.76 bits per heavy atom. The first-order valence-corrected chi connectivity index (χ1v) is 10.7. The molecule has 0 saturated carbocycles. The van der Waals surface area contributed by atoms with E-state index in [0.717, 1.165) is 16.8 Å². The molecule has 1 aliphatic rings. The highest BCUT2D eigenvalue weighted by Gasteiger charge is 2.35. The third-order valence-electron chi connectivity index (χ3n) is 5.68. The normalized spacial score (nSPS) is 15.6. The van der Waals surface area contributed by atoms with Gasteiger partial charge in [-0.1, -0.05) is 59.3 Å². The molecule has 2 amide bonds. The average Bonchev–Trinajstić information content (AvgIpc) is 3.48. The third kappa shape index (κ3) is 4.39. The first-order valence-electron chi connectivity index (χ1n) is 10.7. The second kappa shape index (κ2) is 8.70. The van der Waals surface area contributed by atoms with Gasteiger partial charge in [-0.3, -0.25) is 9.59 Å². The van der Waals surface area contributed by atoms with Crippen molar-refractivity contribution < 1.29 is 14.1 Å². The van der Waals surface area contributed by atoms with Gasteiger partial charge in [0.1, 0.15) is 0 Å². The summed E-state index contributed by atoms with van der Waals surface area (Å²) in [5, 5.41) is 6.98. The van der Waals surface area contributed by atoms with Crippen molar-refractivity contribution >= 4 is 23.2 Å². The van der Waals surface area contributed by atoms with Gasteiger partial charge in [-0.15, -0.1) is 0 Å². The van der Waals surface area contributed by atoms with Crippen molar-refractivity contribution in [3.63, 3.8) is 0 Å². The van der Waals surface area contributed by atoms with Crippen LogP contribution < -0.4 is 10.2 Å². The molecule has 1 aromatic heterocycles. The summed E-state index contributed by atoms with van der Waals surface area (Å²) in [4.78, 5) is 31.5. The Bertz CT molecular complexity index is 1300. The lowest BCUT2D eigenvalue weighted by Gasteiger charge is -2.17. The van der Waals surface area contributed by atoms with Gasteiger partial charge in [0.25, 0.3) is 5.89 Å². The van der Waals surface area contributed by atoms with E-state index >= 15 is 0 Å². The number of nitrogens with zero attached hydrogens (tertiary/aromatic N) is 3. The molecule has 164 valence electrons. The van der Waals surface area contributed by atoms with E-state index in [1.165, 1.54) is 0 Å². The first-order chi connectivity index (χ1) is 16.1. The van der Waals surface area contributed by atoms with E-state index in [-0.39, 0.29) is 18.2 Å². The average molecular weight is 438 g/mol. The summed E-state index contributed by atoms with van der Waals surface area (Å²) in [7, 11) is 0. The quantitative estimate of drug-likeness (QED) is 0.488. The smallest absolute Gasteiger partial charge is 0.258 e. The van der Waals surface area contributed by atoms with Gasteiger partial charge >= 0.3 is 0 Å². The first kappa shape index (κ1) is 20.6. The number of carbonyl (C=O) groups is 2. The van der Waals surface area contributed by atoms with Crippen LogP contribution >= 0.6 is 0 Å². The molecule has 0 aliphatic carbocycles. The topological polar surface area (TPSA) is 88.3 Å². The van der Waals surface area contributed by atoms with E-state index in [9.17, 15) is 9.59 Å². The number of hydrogen-bond donors (Lipinski definition) is 1. The minimum absolute atomic E-state index is 0.0490. The number of nitrogens with one attached hydrogen (secondary N) is 1. The molecule has 4 aromatic rings. The number of benzene rings is 3. The lowest BCUT2D eigenvalue weighted by atomic mass is 10.1. The minimum atomic E-state index is -0.421. The van der Waals surface area contributed by atoms with Crippen LogP contribution in [0.2, 0.25) is 0 Å². The number of anilines is 2. The van der Waals surface area contributed by atoms with Gasteiger partial charge in [0.2, 0.25) is 17.6 Å². The van der Waals surface area contributed by atoms with Crippen LogP contribution in [0.15, 0.2) is 83.4 Å². The van der Waals surface area contributed by atoms with Crippen LogP contribution in [0.5, 0.6) is 0 Å². The molecule has 5 rings (SSSR count). The second-order valence-electron chi connectivity index (χ2n) is 8.10. The molecule has 0 bridgehead atoms. The molecule has 7 heteroatoms. The molecule has 1 aliphatic heterocycles. The van der Waals surface area contributed by atoms with Crippen LogP contribution in [0.1, 0.15) is 12.0 Å². The molecular weight excluding hydrogens is 416 g/mol. The van der Waals surface area contributed by atoms with E-state index in [1.807, 2.05) is 73.7 Å². The van der Waals surface area contributed by atoms with Gasteiger partial charge < -0.3 is 14.7 Å². The van der Waals surface area contributed by atoms with Crippen molar-refractivity contribution in [1.29, 1.82) is 0 Å². The Morgan fingerprint density at radius 1 is 1.00 bits per heavy atom. The number of aryl methyl sites for hydroxylation is 1. The van der Waals surface area contributed by atoms with Crippen LogP contribution in [-0.2, 0) is 9.59 Å². The maximum absolute atomic E-state index is 12.9. The van der Waals surface area contributed by atoms with E-state index in [4.69, 9.17) is 4.52 Å². The van der Waals surface area contributed by atoms with Crippen LogP contribution in [0.3, 0.4) is 0 Å². The summed E-state index contributed by atoms with van der Waals surface area (Å²) in [6, 6.07) is 24.5. The zero-order valence-electron chi connectivity index (χ0n) is 18.1. The molecule has 0 radical (unpaired) electrons. The number of carbonyl (C=O) groups excluding carboxylic acids is 2. The van der Waals surface area contributed by atoms with E-state index in [0.29, 0.717) is 29.5 Å². The highest BCUT2D eigenvalue weighted by atomic mass is 16.5. The van der Waals surface area contributed by atoms with Crippen LogP contribution in [-0.4, -0.2) is 28.5 Å². The van der Waals surface area contributed by atoms with Crippen LogP contribution in [0, 0.1) is 12.8 Å². The number of aromatic nitrogens is 2. The largest absolute Gasteiger partial charge is 0.334 e. The number of rotatable bonds is 5. The standard InChI is InChI=1S/C26H22N4O3/c1-17-10-12-22(13-11-17)30-16-20(15-23(30)31)25(32)27-21-9-5-8-19(14-21)26-28-24(29-33-26)18-6-3-2-4-7-18/h2-14,20H,15-16H2,1H3,(H,27,32). The Hall–Kier alpha value is -4.26. The summed E-state index contributed by atoms with van der Waals surface area (Å²) in [5.41, 5.74) is 4.11. The lowest BCUT2D eigenvalue weighted by Crippen LogP contribution is -2.28. The monoisotopic (exact) mass is 438 g/mol. The number of amides is 2. The molecule has 33 heavy (non-hydrogen) atoms. The molecule has 0 spiro atoms. The molecule has 1 fully saturated rings. The minimum Gasteiger partial charge on any atom is -0.334 e. The molecule has 1 saturated heterocycles. The predicted octanol–water partition coefficient (Wildman–Crippen LogP) is 4.70. The lowest BCUT2D eigenvalue weighted by molar-refractivity contribution is -0.122. The van der Waals surface area contributed by atoms with Crippen molar-refractivity contribution in [2.24, 2.45) is 5.92 Å². The summed E-state index contributed by atoms with van der Waals surface area (Å²) in [6.07, 6.45) is 0.184. The van der Waals surface area contributed by atoms with Gasteiger partial charge in [-0.05, 0) is 37.3 Å². The van der Waals surface area contributed by atoms with Crippen molar-refractivity contribution in [2.45, 2.75) is 13.3 Å². The molecule has 7 nitrogen and oxygen atoms in total. The molecule has 3 aromatic carbocycles. The van der Waals surface area contributed by atoms with Gasteiger partial charge in [0.05, 0.1) is 5.92 Å². The van der Waals surface area contributed by atoms with Gasteiger partial charge in [-0.25, -0.2) is 0 Å². The van der Waals surface area contributed by atoms with Crippen LogP contribution in [0.4, 0.5) is 11.4 Å². The fourth-order valence-electron chi connectivity index (χ4n) is 3.88. The molecular formula is C26H22N4O3. The fraction of sp³-hybridized carbons (Fsp3) is 0.154. The number of hydrogen-bond acceptors (Lipinski definition) is 5. The molecule has 1 N–H and O–H groups in total. The fourth-order valence-corrected chi connectivity index (χ4v) is 3.88. The van der Waals surface area contributed by atoms with Crippen molar-refractivity contribution in [3.8, 4) is 22.8 Å². The molecule has 1 unspecified atom stereocenters.